The molecule has 2 aromatic heterocycles. The first-order valence-electron chi connectivity index (χ1n) is 7.90. The molecule has 0 bridgehead atoms. The predicted molar refractivity (Wildman–Crippen MR) is 107 cm³/mol. The number of nitrogens with zero attached hydrogens (tertiary/aromatic N) is 3. The number of ketones is 1. The van der Waals surface area contributed by atoms with E-state index in [-0.39, 0.29) is 16.1 Å². The summed E-state index contributed by atoms with van der Waals surface area (Å²) >= 11 is 12.8. The van der Waals surface area contributed by atoms with Crippen molar-refractivity contribution < 1.29 is 18.0 Å². The van der Waals surface area contributed by atoms with E-state index in [0.29, 0.717) is 25.8 Å². The molecule has 0 unspecified atom stereocenters. The molecule has 2 heterocycles. The van der Waals surface area contributed by atoms with Crippen LogP contribution in [0.3, 0.4) is 0 Å². The van der Waals surface area contributed by atoms with Gasteiger partial charge in [-0.15, -0.1) is 0 Å². The minimum Gasteiger partial charge on any atom is -0.304 e. The van der Waals surface area contributed by atoms with E-state index in [9.17, 15) is 18.0 Å². The molecule has 0 aliphatic heterocycles. The zero-order valence-electron chi connectivity index (χ0n) is 13.8. The molecule has 144 valence electrons. The monoisotopic (exact) mass is 533 g/mol. The van der Waals surface area contributed by atoms with Gasteiger partial charge in [0.05, 0.1) is 32.6 Å². The van der Waals surface area contributed by atoms with Crippen molar-refractivity contribution in [2.45, 2.75) is 13.0 Å². The van der Waals surface area contributed by atoms with E-state index in [1.54, 1.807) is 16.7 Å². The Bertz CT molecular complexity index is 1250. The topological polar surface area (TPSA) is 39.3 Å². The zero-order valence-corrected chi connectivity index (χ0v) is 17.7. The molecular formula is C18H9Br2ClF3N3O. The highest BCUT2D eigenvalue weighted by Crippen LogP contribution is 2.38. The van der Waals surface area contributed by atoms with Crippen molar-refractivity contribution >= 4 is 66.1 Å². The summed E-state index contributed by atoms with van der Waals surface area (Å²) in [7, 11) is 0. The van der Waals surface area contributed by atoms with E-state index in [4.69, 9.17) is 11.6 Å². The van der Waals surface area contributed by atoms with Gasteiger partial charge < -0.3 is 4.57 Å². The number of aromatic nitrogens is 3. The van der Waals surface area contributed by atoms with Crippen LogP contribution < -0.4 is 0 Å². The van der Waals surface area contributed by atoms with Gasteiger partial charge >= 0.3 is 0 Å². The number of carbonyl (C=O) groups excluding carboxylic acids is 1. The van der Waals surface area contributed by atoms with Gasteiger partial charge in [0.25, 0.3) is 6.43 Å². The predicted octanol–water partition coefficient (Wildman–Crippen LogP) is 6.10. The van der Waals surface area contributed by atoms with Crippen molar-refractivity contribution in [1.82, 2.24) is 14.0 Å². The van der Waals surface area contributed by atoms with Crippen LogP contribution in [-0.4, -0.2) is 26.2 Å². The van der Waals surface area contributed by atoms with Gasteiger partial charge in [-0.25, -0.2) is 18.2 Å². The Hall–Kier alpha value is -1.84. The van der Waals surface area contributed by atoms with Gasteiger partial charge in [0.2, 0.25) is 5.78 Å². The van der Waals surface area contributed by atoms with E-state index in [1.807, 2.05) is 0 Å². The van der Waals surface area contributed by atoms with Crippen LogP contribution in [-0.2, 0) is 6.54 Å². The quantitative estimate of drug-likeness (QED) is 0.296. The Kier molecular flexibility index (Phi) is 5.01. The minimum absolute atomic E-state index is 0.00342. The number of halogens is 6. The number of imidazole rings is 2. The highest BCUT2D eigenvalue weighted by atomic mass is 79.9. The maximum Gasteiger partial charge on any atom is 0.256 e. The first-order valence-corrected chi connectivity index (χ1v) is 9.87. The van der Waals surface area contributed by atoms with E-state index >= 15 is 0 Å². The average Bonchev–Trinajstić information content (AvgIpc) is 3.19. The standard InChI is InChI=1S/C18H9Br2ClF3N3O/c19-10-6-12-16(26-4-3-25-18(26)27(12)7-13(23)24)15(20)14(10)17(28)9-5-8(22)1-2-11(9)21/h1-6,13H,7H2. The summed E-state index contributed by atoms with van der Waals surface area (Å²) < 4.78 is 43.5. The van der Waals surface area contributed by atoms with Crippen molar-refractivity contribution in [3.05, 3.63) is 67.6 Å². The maximum atomic E-state index is 13.6. The molecule has 0 atom stereocenters. The fourth-order valence-electron chi connectivity index (χ4n) is 3.14. The van der Waals surface area contributed by atoms with E-state index in [0.717, 1.165) is 12.1 Å². The summed E-state index contributed by atoms with van der Waals surface area (Å²) in [6, 6.07) is 5.09. The van der Waals surface area contributed by atoms with Gasteiger partial charge in [0, 0.05) is 22.4 Å². The molecule has 0 radical (unpaired) electrons. The van der Waals surface area contributed by atoms with Crippen LogP contribution in [0.1, 0.15) is 15.9 Å². The molecule has 0 aliphatic rings. The van der Waals surface area contributed by atoms with Crippen LogP contribution in [0.4, 0.5) is 13.2 Å². The summed E-state index contributed by atoms with van der Waals surface area (Å²) in [6.07, 6.45) is 0.513. The molecule has 28 heavy (non-hydrogen) atoms. The summed E-state index contributed by atoms with van der Waals surface area (Å²) in [5.74, 6) is -0.794. The van der Waals surface area contributed by atoms with Gasteiger partial charge in [-0.2, -0.15) is 0 Å². The van der Waals surface area contributed by atoms with Crippen LogP contribution in [0, 0.1) is 5.82 Å². The van der Waals surface area contributed by atoms with Crippen LogP contribution in [0.15, 0.2) is 45.6 Å². The second-order valence-electron chi connectivity index (χ2n) is 5.97. The number of fused-ring (bicyclic) bond motifs is 3. The van der Waals surface area contributed by atoms with Crippen molar-refractivity contribution in [3.8, 4) is 0 Å². The third-order valence-electron chi connectivity index (χ3n) is 4.29. The first kappa shape index (κ1) is 19.5. The summed E-state index contributed by atoms with van der Waals surface area (Å²) in [5.41, 5.74) is 1.15. The van der Waals surface area contributed by atoms with Crippen LogP contribution >= 0.6 is 43.5 Å². The molecule has 0 saturated carbocycles. The number of rotatable bonds is 4. The first-order chi connectivity index (χ1) is 13.3. The van der Waals surface area contributed by atoms with Crippen molar-refractivity contribution in [2.24, 2.45) is 0 Å². The van der Waals surface area contributed by atoms with Gasteiger partial charge in [-0.05, 0) is 56.1 Å². The van der Waals surface area contributed by atoms with E-state index < -0.39 is 24.6 Å². The number of carbonyl (C=O) groups is 1. The SMILES string of the molecule is O=C(c1cc(F)ccc1Cl)c1c(Br)cc2c(c1Br)n1ccnc1n2CC(F)F. The summed E-state index contributed by atoms with van der Waals surface area (Å²) in [5, 5.41) is 0.105. The lowest BCUT2D eigenvalue weighted by Gasteiger charge is -2.11. The lowest BCUT2D eigenvalue weighted by atomic mass is 10.0. The van der Waals surface area contributed by atoms with E-state index in [2.05, 4.69) is 36.8 Å². The maximum absolute atomic E-state index is 13.6. The lowest BCUT2D eigenvalue weighted by Crippen LogP contribution is -2.08. The Balaban J connectivity index is 2.01. The van der Waals surface area contributed by atoms with Crippen LogP contribution in [0.2, 0.25) is 5.02 Å². The van der Waals surface area contributed by atoms with Crippen molar-refractivity contribution in [1.29, 1.82) is 0 Å². The lowest BCUT2D eigenvalue weighted by molar-refractivity contribution is 0.103. The molecule has 0 saturated heterocycles. The molecular weight excluding hydrogens is 526 g/mol. The van der Waals surface area contributed by atoms with Crippen LogP contribution in [0.25, 0.3) is 16.8 Å². The summed E-state index contributed by atoms with van der Waals surface area (Å²) in [6.45, 7) is -0.550. The fourth-order valence-corrected chi connectivity index (χ4v) is 4.99. The molecule has 0 fully saturated rings. The average molecular weight is 536 g/mol. The van der Waals surface area contributed by atoms with Gasteiger partial charge in [-0.1, -0.05) is 11.6 Å². The molecule has 4 aromatic rings. The number of alkyl halides is 2. The molecule has 4 rings (SSSR count). The van der Waals surface area contributed by atoms with Gasteiger partial charge in [0.1, 0.15) is 5.82 Å². The Morgan fingerprint density at radius 2 is 2.00 bits per heavy atom. The Morgan fingerprint density at radius 3 is 2.71 bits per heavy atom. The number of hydrogen-bond acceptors (Lipinski definition) is 2. The molecule has 2 aromatic carbocycles. The molecule has 0 N–H and O–H groups in total. The van der Waals surface area contributed by atoms with Crippen LogP contribution in [0.5, 0.6) is 0 Å². The van der Waals surface area contributed by atoms with E-state index in [1.165, 1.54) is 16.8 Å². The van der Waals surface area contributed by atoms with Crippen molar-refractivity contribution in [3.63, 3.8) is 0 Å². The Morgan fingerprint density at radius 1 is 1.25 bits per heavy atom. The molecule has 0 amide bonds. The third-order valence-corrected chi connectivity index (χ3v) is 6.01. The molecule has 10 heteroatoms. The third kappa shape index (κ3) is 3.05. The zero-order chi connectivity index (χ0) is 20.2. The van der Waals surface area contributed by atoms with Crippen molar-refractivity contribution in [2.75, 3.05) is 0 Å². The number of hydrogen-bond donors (Lipinski definition) is 0. The van der Waals surface area contributed by atoms with Gasteiger partial charge in [0.15, 0.2) is 5.78 Å². The second kappa shape index (κ2) is 7.20. The highest BCUT2D eigenvalue weighted by Gasteiger charge is 2.25. The normalized spacial score (nSPS) is 11.8. The minimum atomic E-state index is -2.58. The largest absolute Gasteiger partial charge is 0.304 e. The summed E-state index contributed by atoms with van der Waals surface area (Å²) in [4.78, 5) is 17.2. The molecule has 0 aliphatic carbocycles. The fraction of sp³-hybridized carbons (Fsp3) is 0.111. The van der Waals surface area contributed by atoms with Gasteiger partial charge in [-0.3, -0.25) is 9.20 Å². The highest BCUT2D eigenvalue weighted by molar-refractivity contribution is 9.11. The molecule has 0 spiro atoms. The smallest absolute Gasteiger partial charge is 0.256 e. The Labute approximate surface area is 178 Å². The molecule has 4 nitrogen and oxygen atoms in total. The number of benzene rings is 2. The second-order valence-corrected chi connectivity index (χ2v) is 8.02.